The molecule has 0 spiro atoms. The molecule has 3 rings (SSSR count). The molecule has 0 bridgehead atoms. The van der Waals surface area contributed by atoms with Crippen molar-refractivity contribution in [3.05, 3.63) is 35.8 Å². The number of aromatic nitrogens is 3. The highest BCUT2D eigenvalue weighted by molar-refractivity contribution is 6.31. The predicted molar refractivity (Wildman–Crippen MR) is 123 cm³/mol. The molecular formula is C22H34N6OSi. The molecule has 1 aliphatic carbocycles. The smallest absolute Gasteiger partial charge is 0.237 e. The third-order valence-electron chi connectivity index (χ3n) is 4.76. The van der Waals surface area contributed by atoms with Gasteiger partial charge in [-0.15, -0.1) is 0 Å². The van der Waals surface area contributed by atoms with E-state index in [4.69, 9.17) is 15.1 Å². The molecule has 0 aliphatic heterocycles. The normalized spacial score (nSPS) is 14.6. The van der Waals surface area contributed by atoms with Gasteiger partial charge >= 0.3 is 0 Å². The highest BCUT2D eigenvalue weighted by Gasteiger charge is 2.28. The van der Waals surface area contributed by atoms with E-state index in [-0.39, 0.29) is 5.04 Å². The van der Waals surface area contributed by atoms with E-state index in [0.717, 1.165) is 30.2 Å². The lowest BCUT2D eigenvalue weighted by Crippen LogP contribution is -2.28. The Morgan fingerprint density at radius 1 is 1.13 bits per heavy atom. The second kappa shape index (κ2) is 9.41. The van der Waals surface area contributed by atoms with Gasteiger partial charge in [-0.25, -0.2) is 4.98 Å². The molecule has 0 saturated heterocycles. The van der Waals surface area contributed by atoms with Crippen LogP contribution in [0.1, 0.15) is 71.1 Å². The van der Waals surface area contributed by atoms with E-state index in [9.17, 15) is 0 Å². The Morgan fingerprint density at radius 2 is 1.90 bits per heavy atom. The van der Waals surface area contributed by atoms with Crippen LogP contribution in [-0.2, 0) is 10.0 Å². The number of nitrogens with zero attached hydrogens (tertiary/aromatic N) is 3. The van der Waals surface area contributed by atoms with Crippen LogP contribution in [0.15, 0.2) is 24.5 Å². The largest absolute Gasteiger partial charge is 0.406 e. The third kappa shape index (κ3) is 6.48. The zero-order valence-corrected chi connectivity index (χ0v) is 19.7. The van der Waals surface area contributed by atoms with Crippen molar-refractivity contribution in [3.8, 4) is 0 Å². The fourth-order valence-corrected chi connectivity index (χ4v) is 3.55. The van der Waals surface area contributed by atoms with Crippen LogP contribution in [0.2, 0.25) is 5.04 Å². The number of hydrogen-bond acceptors (Lipinski definition) is 7. The molecule has 2 heterocycles. The molecule has 1 aliphatic rings. The summed E-state index contributed by atoms with van der Waals surface area (Å²) in [6.07, 6.45) is 7.07. The first kappa shape index (κ1) is 22.6. The molecule has 7 nitrogen and oxygen atoms in total. The zero-order valence-electron chi connectivity index (χ0n) is 18.7. The molecule has 0 aromatic carbocycles. The minimum Gasteiger partial charge on any atom is -0.406 e. The molecule has 2 aromatic rings. The lowest BCUT2D eigenvalue weighted by Gasteiger charge is -2.28. The zero-order chi connectivity index (χ0) is 21.8. The molecule has 8 heteroatoms. The summed E-state index contributed by atoms with van der Waals surface area (Å²) in [6.45, 7) is 12.1. The number of pyridine rings is 1. The molecule has 2 radical (unpaired) electrons. The summed E-state index contributed by atoms with van der Waals surface area (Å²) in [4.78, 5) is 13.8. The second-order valence-electron chi connectivity index (χ2n) is 9.36. The molecule has 0 atom stereocenters. The van der Waals surface area contributed by atoms with Crippen molar-refractivity contribution in [1.29, 1.82) is 0 Å². The van der Waals surface area contributed by atoms with Crippen molar-refractivity contribution in [2.75, 3.05) is 23.7 Å². The van der Waals surface area contributed by atoms with Gasteiger partial charge in [-0.1, -0.05) is 20.8 Å². The van der Waals surface area contributed by atoms with Gasteiger partial charge in [-0.2, -0.15) is 4.98 Å². The van der Waals surface area contributed by atoms with E-state index in [1.165, 1.54) is 18.4 Å². The predicted octanol–water partition coefficient (Wildman–Crippen LogP) is 4.34. The number of hydrogen-bond donors (Lipinski definition) is 3. The summed E-state index contributed by atoms with van der Waals surface area (Å²) in [6, 6.07) is 3.99. The van der Waals surface area contributed by atoms with Crippen molar-refractivity contribution in [3.63, 3.8) is 0 Å². The van der Waals surface area contributed by atoms with Gasteiger partial charge in [-0.3, -0.25) is 4.98 Å². The minimum absolute atomic E-state index is 0.138. The van der Waals surface area contributed by atoms with Crippen LogP contribution in [0.25, 0.3) is 0 Å². The van der Waals surface area contributed by atoms with E-state index in [1.807, 2.05) is 18.3 Å². The van der Waals surface area contributed by atoms with Crippen molar-refractivity contribution < 1.29 is 4.43 Å². The van der Waals surface area contributed by atoms with E-state index < -0.39 is 5.60 Å². The third-order valence-corrected chi connectivity index (χ3v) is 5.98. The minimum atomic E-state index is -0.438. The number of nitrogens with one attached hydrogen (secondary N) is 2. The quantitative estimate of drug-likeness (QED) is 0.384. The Bertz CT molecular complexity index is 831. The first-order valence-electron chi connectivity index (χ1n) is 10.7. The van der Waals surface area contributed by atoms with Crippen molar-refractivity contribution in [2.45, 2.75) is 70.4 Å². The van der Waals surface area contributed by atoms with E-state index in [0.29, 0.717) is 28.2 Å². The fraction of sp³-hybridized carbons (Fsp3) is 0.591. The summed E-state index contributed by atoms with van der Waals surface area (Å²) in [5.74, 6) is 2.05. The second-order valence-corrected chi connectivity index (χ2v) is 11.3. The van der Waals surface area contributed by atoms with Gasteiger partial charge in [0.25, 0.3) is 0 Å². The maximum atomic E-state index is 6.15. The molecule has 30 heavy (non-hydrogen) atoms. The molecular weight excluding hydrogens is 392 g/mol. The standard InChI is InChI=1S/C22H34N6OSi/c1-21(2,3)30-29-22(4,5)18-10-9-16(13-25-18)27-20-26-14-17(15-7-8-15)19(28-20)24-12-6-11-23/h9-10,13-15H,6-8,11-12,23H2,1-5H3,(H2,24,26,27,28). The first-order valence-corrected chi connectivity index (χ1v) is 11.6. The van der Waals surface area contributed by atoms with E-state index in [2.05, 4.69) is 55.2 Å². The van der Waals surface area contributed by atoms with Crippen LogP contribution in [0, 0.1) is 0 Å². The lowest BCUT2D eigenvalue weighted by atomic mass is 10.1. The Morgan fingerprint density at radius 3 is 2.50 bits per heavy atom. The monoisotopic (exact) mass is 426 g/mol. The van der Waals surface area contributed by atoms with Crippen LogP contribution in [0.5, 0.6) is 0 Å². The van der Waals surface area contributed by atoms with Gasteiger partial charge < -0.3 is 20.8 Å². The molecule has 0 amide bonds. The SMILES string of the molecule is CC(C)(C)[Si]OC(C)(C)c1ccc(Nc2ncc(C3CC3)c(NCCCN)n2)cn1. The molecule has 1 saturated carbocycles. The van der Waals surface area contributed by atoms with Gasteiger partial charge in [0.1, 0.15) is 5.82 Å². The average Bonchev–Trinajstić information content (AvgIpc) is 3.52. The van der Waals surface area contributed by atoms with Crippen molar-refractivity contribution >= 4 is 27.2 Å². The fourth-order valence-electron chi connectivity index (χ4n) is 2.88. The van der Waals surface area contributed by atoms with Crippen LogP contribution in [0.3, 0.4) is 0 Å². The Kier molecular flexibility index (Phi) is 7.10. The van der Waals surface area contributed by atoms with Crippen LogP contribution >= 0.6 is 0 Å². The summed E-state index contributed by atoms with van der Waals surface area (Å²) < 4.78 is 6.15. The summed E-state index contributed by atoms with van der Waals surface area (Å²) in [7, 11) is 0.403. The van der Waals surface area contributed by atoms with Crippen molar-refractivity contribution in [2.24, 2.45) is 5.73 Å². The Labute approximate surface area is 182 Å². The Balaban J connectivity index is 1.68. The van der Waals surface area contributed by atoms with Crippen LogP contribution in [-0.4, -0.2) is 37.8 Å². The highest BCUT2D eigenvalue weighted by atomic mass is 28.2. The number of rotatable bonds is 10. The number of nitrogens with two attached hydrogens (primary N) is 1. The van der Waals surface area contributed by atoms with Gasteiger partial charge in [0, 0.05) is 18.3 Å². The molecule has 4 N–H and O–H groups in total. The Hall–Kier alpha value is -2.03. The maximum Gasteiger partial charge on any atom is 0.237 e. The highest BCUT2D eigenvalue weighted by Crippen LogP contribution is 2.42. The topological polar surface area (TPSA) is 98.0 Å². The van der Waals surface area contributed by atoms with E-state index in [1.54, 1.807) is 6.20 Å². The van der Waals surface area contributed by atoms with Gasteiger partial charge in [0.05, 0.1) is 23.2 Å². The molecule has 162 valence electrons. The summed E-state index contributed by atoms with van der Waals surface area (Å²) in [5.41, 5.74) is 8.13. The molecule has 0 unspecified atom stereocenters. The van der Waals surface area contributed by atoms with Crippen LogP contribution in [0.4, 0.5) is 17.5 Å². The van der Waals surface area contributed by atoms with Crippen molar-refractivity contribution in [1.82, 2.24) is 15.0 Å². The number of anilines is 3. The average molecular weight is 427 g/mol. The van der Waals surface area contributed by atoms with Gasteiger partial charge in [0.2, 0.25) is 15.7 Å². The van der Waals surface area contributed by atoms with Crippen LogP contribution < -0.4 is 16.4 Å². The first-order chi connectivity index (χ1) is 14.2. The lowest BCUT2D eigenvalue weighted by molar-refractivity contribution is 0.104. The summed E-state index contributed by atoms with van der Waals surface area (Å²) >= 11 is 0. The molecule has 2 aromatic heterocycles. The summed E-state index contributed by atoms with van der Waals surface area (Å²) in [5, 5.41) is 6.82. The van der Waals surface area contributed by atoms with Gasteiger partial charge in [-0.05, 0) is 62.7 Å². The molecule has 1 fully saturated rings. The maximum absolute atomic E-state index is 6.15. The van der Waals surface area contributed by atoms with E-state index >= 15 is 0 Å². The van der Waals surface area contributed by atoms with Gasteiger partial charge in [0.15, 0.2) is 0 Å².